The first-order valence-corrected chi connectivity index (χ1v) is 7.81. The number of anilines is 1. The van der Waals surface area contributed by atoms with Gasteiger partial charge in [0.2, 0.25) is 12.3 Å². The second-order valence-corrected chi connectivity index (χ2v) is 6.82. The van der Waals surface area contributed by atoms with Gasteiger partial charge in [0.15, 0.2) is 0 Å². The quantitative estimate of drug-likeness (QED) is 0.635. The smallest absolute Gasteiger partial charge is 0.237 e. The van der Waals surface area contributed by atoms with E-state index in [-0.39, 0.29) is 34.8 Å². The predicted octanol–water partition coefficient (Wildman–Crippen LogP) is 3.16. The van der Waals surface area contributed by atoms with E-state index in [2.05, 4.69) is 19.1 Å². The molecule has 1 aromatic carbocycles. The highest BCUT2D eigenvalue weighted by molar-refractivity contribution is 6.08. The summed E-state index contributed by atoms with van der Waals surface area (Å²) in [4.78, 5) is 25.4. The fourth-order valence-electron chi connectivity index (χ4n) is 4.80. The molecule has 0 saturated heterocycles. The van der Waals surface area contributed by atoms with E-state index < -0.39 is 5.82 Å². The molecule has 3 aliphatic rings. The zero-order valence-corrected chi connectivity index (χ0v) is 12.4. The normalized spacial score (nSPS) is 33.2. The number of halogens is 1. The molecule has 22 heavy (non-hydrogen) atoms. The number of carbonyl (C=O) groups excluding carboxylic acids is 2. The molecule has 0 radical (unpaired) electrons. The number of amides is 2. The Bertz CT molecular complexity index is 679. The molecule has 2 amide bonds. The van der Waals surface area contributed by atoms with Crippen LogP contribution in [0.3, 0.4) is 0 Å². The number of rotatable bonds is 3. The molecule has 1 spiro atoms. The number of para-hydroxylation sites is 1. The van der Waals surface area contributed by atoms with E-state index in [1.54, 1.807) is 12.1 Å². The van der Waals surface area contributed by atoms with Crippen molar-refractivity contribution in [1.29, 1.82) is 0 Å². The van der Waals surface area contributed by atoms with Crippen LogP contribution in [0.25, 0.3) is 0 Å². The number of hydrogen-bond acceptors (Lipinski definition) is 2. The van der Waals surface area contributed by atoms with Crippen LogP contribution < -0.4 is 4.90 Å². The van der Waals surface area contributed by atoms with Crippen molar-refractivity contribution >= 4 is 18.0 Å². The minimum Gasteiger partial charge on any atom is -0.278 e. The number of nitrogens with zero attached hydrogens (tertiary/aromatic N) is 1. The van der Waals surface area contributed by atoms with Crippen LogP contribution in [0.15, 0.2) is 36.4 Å². The van der Waals surface area contributed by atoms with Gasteiger partial charge in [-0.05, 0) is 48.1 Å². The second kappa shape index (κ2) is 4.51. The molecule has 0 unspecified atom stereocenters. The molecule has 4 atom stereocenters. The Morgan fingerprint density at radius 2 is 1.95 bits per heavy atom. The van der Waals surface area contributed by atoms with E-state index in [4.69, 9.17) is 0 Å². The van der Waals surface area contributed by atoms with E-state index in [9.17, 15) is 14.0 Å². The van der Waals surface area contributed by atoms with Crippen LogP contribution >= 0.6 is 0 Å². The first-order chi connectivity index (χ1) is 10.6. The maximum absolute atomic E-state index is 14.0. The van der Waals surface area contributed by atoms with Gasteiger partial charge in [0.25, 0.3) is 0 Å². The largest absolute Gasteiger partial charge is 0.278 e. The van der Waals surface area contributed by atoms with Crippen LogP contribution in [0, 0.1) is 34.9 Å². The molecule has 0 heterocycles. The predicted molar refractivity (Wildman–Crippen MR) is 80.4 cm³/mol. The van der Waals surface area contributed by atoms with Gasteiger partial charge in [-0.3, -0.25) is 9.59 Å². The molecule has 2 fully saturated rings. The monoisotopic (exact) mass is 299 g/mol. The molecule has 0 aromatic heterocycles. The number of imide groups is 1. The summed E-state index contributed by atoms with van der Waals surface area (Å²) in [6.07, 6.45) is 7.14. The second-order valence-electron chi connectivity index (χ2n) is 6.82. The molecule has 0 N–H and O–H groups in total. The molecular weight excluding hydrogens is 281 g/mol. The average Bonchev–Trinajstić information content (AvgIpc) is 3.17. The summed E-state index contributed by atoms with van der Waals surface area (Å²) in [6, 6.07) is 5.93. The maximum Gasteiger partial charge on any atom is 0.237 e. The highest BCUT2D eigenvalue weighted by Gasteiger charge is 2.67. The summed E-state index contributed by atoms with van der Waals surface area (Å²) >= 11 is 0. The molecule has 2 saturated carbocycles. The van der Waals surface area contributed by atoms with Crippen LogP contribution in [0.1, 0.15) is 19.8 Å². The fourth-order valence-corrected chi connectivity index (χ4v) is 4.80. The Labute approximate surface area is 128 Å². The van der Waals surface area contributed by atoms with Gasteiger partial charge in [-0.1, -0.05) is 31.2 Å². The molecule has 3 nitrogen and oxygen atoms in total. The van der Waals surface area contributed by atoms with Gasteiger partial charge in [-0.25, -0.2) is 9.29 Å². The number of benzene rings is 1. The summed E-state index contributed by atoms with van der Waals surface area (Å²) in [5, 5.41) is 0. The minimum absolute atomic E-state index is 0.0475. The molecule has 2 bridgehead atoms. The maximum atomic E-state index is 14.0. The lowest BCUT2D eigenvalue weighted by Gasteiger charge is -2.27. The third-order valence-electron chi connectivity index (χ3n) is 5.94. The Morgan fingerprint density at radius 3 is 2.55 bits per heavy atom. The first-order valence-electron chi connectivity index (χ1n) is 7.81. The zero-order valence-electron chi connectivity index (χ0n) is 12.4. The van der Waals surface area contributed by atoms with Crippen molar-refractivity contribution in [3.05, 3.63) is 42.2 Å². The summed E-state index contributed by atoms with van der Waals surface area (Å²) < 4.78 is 14.0. The molecule has 4 heteroatoms. The molecule has 114 valence electrons. The van der Waals surface area contributed by atoms with E-state index in [0.717, 1.165) is 17.7 Å². The van der Waals surface area contributed by atoms with E-state index >= 15 is 0 Å². The van der Waals surface area contributed by atoms with Gasteiger partial charge >= 0.3 is 0 Å². The topological polar surface area (TPSA) is 37.4 Å². The average molecular weight is 299 g/mol. The van der Waals surface area contributed by atoms with E-state index in [1.807, 2.05) is 0 Å². The molecule has 0 aliphatic heterocycles. The van der Waals surface area contributed by atoms with Crippen LogP contribution in [-0.2, 0) is 9.59 Å². The number of carbonyl (C=O) groups is 2. The molecule has 4 rings (SSSR count). The van der Waals surface area contributed by atoms with Gasteiger partial charge in [-0.15, -0.1) is 0 Å². The number of hydrogen-bond donors (Lipinski definition) is 0. The standard InChI is InChI=1S/C18H18FNO2/c1-11-12-6-7-13(18(12)8-9-18)16(11)17(22)20(10-21)15-5-3-2-4-14(15)19/h2-7,10-13,16H,8-9H2,1H3/t11-,12+,13+,16+/m0/s1. The molecule has 1 aromatic rings. The summed E-state index contributed by atoms with van der Waals surface area (Å²) in [6.45, 7) is 2.08. The minimum atomic E-state index is -0.546. The fraction of sp³-hybridized carbons (Fsp3) is 0.444. The van der Waals surface area contributed by atoms with Gasteiger partial charge in [0, 0.05) is 5.92 Å². The summed E-state index contributed by atoms with van der Waals surface area (Å²) in [5.41, 5.74) is 0.301. The Kier molecular flexibility index (Phi) is 2.80. The molecule has 3 aliphatic carbocycles. The SMILES string of the molecule is C[C@@H]1[C@@H](C(=O)N(C=O)c2ccccc2F)[C@H]2C=C[C@H]1C21CC1. The Morgan fingerprint density at radius 1 is 1.27 bits per heavy atom. The lowest BCUT2D eigenvalue weighted by atomic mass is 9.83. The van der Waals surface area contributed by atoms with Gasteiger partial charge in [0.05, 0.1) is 5.69 Å². The zero-order chi connectivity index (χ0) is 15.5. The van der Waals surface area contributed by atoms with Gasteiger partial charge < -0.3 is 0 Å². The van der Waals surface area contributed by atoms with Crippen LogP contribution in [0.4, 0.5) is 10.1 Å². The third-order valence-corrected chi connectivity index (χ3v) is 5.94. The van der Waals surface area contributed by atoms with Crippen LogP contribution in [-0.4, -0.2) is 12.3 Å². The van der Waals surface area contributed by atoms with Crippen molar-refractivity contribution in [2.45, 2.75) is 19.8 Å². The first kappa shape index (κ1) is 13.7. The van der Waals surface area contributed by atoms with Crippen LogP contribution in [0.5, 0.6) is 0 Å². The van der Waals surface area contributed by atoms with Gasteiger partial charge in [0.1, 0.15) is 5.82 Å². The lowest BCUT2D eigenvalue weighted by Crippen LogP contribution is -2.40. The van der Waals surface area contributed by atoms with Crippen molar-refractivity contribution in [3.8, 4) is 0 Å². The highest BCUT2D eigenvalue weighted by Crippen LogP contribution is 2.72. The third kappa shape index (κ3) is 1.61. The van der Waals surface area contributed by atoms with Crippen molar-refractivity contribution in [3.63, 3.8) is 0 Å². The Balaban J connectivity index is 1.68. The van der Waals surface area contributed by atoms with Crippen molar-refractivity contribution < 1.29 is 14.0 Å². The van der Waals surface area contributed by atoms with Crippen molar-refractivity contribution in [2.75, 3.05) is 4.90 Å². The summed E-state index contributed by atoms with van der Waals surface area (Å²) in [7, 11) is 0. The Hall–Kier alpha value is -1.97. The van der Waals surface area contributed by atoms with E-state index in [0.29, 0.717) is 12.3 Å². The summed E-state index contributed by atoms with van der Waals surface area (Å²) in [5.74, 6) is -0.192. The van der Waals surface area contributed by atoms with Crippen molar-refractivity contribution in [2.24, 2.45) is 29.1 Å². The highest BCUT2D eigenvalue weighted by atomic mass is 19.1. The number of allylic oxidation sites excluding steroid dienone is 2. The van der Waals surface area contributed by atoms with Gasteiger partial charge in [-0.2, -0.15) is 0 Å². The van der Waals surface area contributed by atoms with Crippen LogP contribution in [0.2, 0.25) is 0 Å². The lowest BCUT2D eigenvalue weighted by molar-refractivity contribution is -0.127. The van der Waals surface area contributed by atoms with Crippen molar-refractivity contribution in [1.82, 2.24) is 0 Å². The van der Waals surface area contributed by atoms with E-state index in [1.165, 1.54) is 12.1 Å². The molecular formula is C18H18FNO2.